The van der Waals surface area contributed by atoms with Gasteiger partial charge in [0.2, 0.25) is 6.79 Å². The van der Waals surface area contributed by atoms with Crippen molar-refractivity contribution in [2.45, 2.75) is 6.54 Å². The average molecular weight is 348 g/mol. The highest BCUT2D eigenvalue weighted by molar-refractivity contribution is 6.08. The van der Waals surface area contributed by atoms with Gasteiger partial charge in [-0.25, -0.2) is 0 Å². The Hall–Kier alpha value is -3.48. The third-order valence-corrected chi connectivity index (χ3v) is 4.66. The lowest BCUT2D eigenvalue weighted by atomic mass is 10.1. The summed E-state index contributed by atoms with van der Waals surface area (Å²) >= 11 is 0. The number of anilines is 3. The fourth-order valence-corrected chi connectivity index (χ4v) is 3.32. The minimum atomic E-state index is -0.103. The van der Waals surface area contributed by atoms with Crippen LogP contribution >= 0.6 is 0 Å². The van der Waals surface area contributed by atoms with Gasteiger partial charge in [0.1, 0.15) is 5.82 Å². The molecule has 2 aliphatic rings. The van der Waals surface area contributed by atoms with Crippen molar-refractivity contribution in [3.8, 4) is 11.5 Å². The van der Waals surface area contributed by atoms with Gasteiger partial charge in [0.15, 0.2) is 11.5 Å². The molecule has 3 aromatic rings. The van der Waals surface area contributed by atoms with Crippen molar-refractivity contribution in [2.24, 2.45) is 7.05 Å². The maximum atomic E-state index is 13.3. The monoisotopic (exact) mass is 348 g/mol. The van der Waals surface area contributed by atoms with E-state index in [-0.39, 0.29) is 12.7 Å². The fourth-order valence-electron chi connectivity index (χ4n) is 3.32. The molecule has 0 atom stereocenters. The second-order valence-electron chi connectivity index (χ2n) is 6.24. The van der Waals surface area contributed by atoms with Gasteiger partial charge in [-0.3, -0.25) is 9.48 Å². The van der Waals surface area contributed by atoms with Crippen molar-refractivity contribution < 1.29 is 14.3 Å². The number of benzene rings is 2. The van der Waals surface area contributed by atoms with Gasteiger partial charge in [-0.05, 0) is 30.3 Å². The predicted octanol–water partition coefficient (Wildman–Crippen LogP) is 3.05. The first kappa shape index (κ1) is 14.8. The van der Waals surface area contributed by atoms with E-state index in [9.17, 15) is 4.79 Å². The Bertz CT molecular complexity index is 1030. The topological polar surface area (TPSA) is 68.6 Å². The van der Waals surface area contributed by atoms with Crippen molar-refractivity contribution in [1.82, 2.24) is 9.78 Å². The lowest BCUT2D eigenvalue weighted by Crippen LogP contribution is -2.29. The molecule has 7 heteroatoms. The van der Waals surface area contributed by atoms with E-state index in [0.29, 0.717) is 23.6 Å². The van der Waals surface area contributed by atoms with E-state index >= 15 is 0 Å². The van der Waals surface area contributed by atoms with Gasteiger partial charge in [-0.2, -0.15) is 5.10 Å². The molecule has 3 heterocycles. The van der Waals surface area contributed by atoms with Gasteiger partial charge in [0.05, 0.1) is 24.1 Å². The molecule has 5 rings (SSSR count). The van der Waals surface area contributed by atoms with Crippen LogP contribution in [0.3, 0.4) is 0 Å². The molecule has 26 heavy (non-hydrogen) atoms. The molecule has 0 saturated heterocycles. The van der Waals surface area contributed by atoms with E-state index in [2.05, 4.69) is 10.4 Å². The molecule has 2 aliphatic heterocycles. The van der Waals surface area contributed by atoms with E-state index in [1.165, 1.54) is 0 Å². The van der Waals surface area contributed by atoms with Crippen LogP contribution in [0.15, 0.2) is 48.7 Å². The second kappa shape index (κ2) is 5.52. The Balaban J connectivity index is 1.60. The number of aromatic nitrogens is 2. The summed E-state index contributed by atoms with van der Waals surface area (Å²) in [7, 11) is 1.88. The summed E-state index contributed by atoms with van der Waals surface area (Å²) in [5.41, 5.74) is 3.20. The van der Waals surface area contributed by atoms with Crippen molar-refractivity contribution in [3.63, 3.8) is 0 Å². The number of ether oxygens (including phenoxy) is 2. The first-order valence-corrected chi connectivity index (χ1v) is 8.29. The number of nitrogens with one attached hydrogen (secondary N) is 1. The van der Waals surface area contributed by atoms with Crippen LogP contribution in [0.1, 0.15) is 15.9 Å². The molecule has 130 valence electrons. The molecule has 1 N–H and O–H groups in total. The Morgan fingerprint density at radius 3 is 2.92 bits per heavy atom. The van der Waals surface area contributed by atoms with Crippen LogP contribution in [-0.2, 0) is 13.6 Å². The van der Waals surface area contributed by atoms with Crippen molar-refractivity contribution in [3.05, 3.63) is 59.8 Å². The molecule has 0 unspecified atom stereocenters. The molecule has 1 amide bonds. The Kier molecular flexibility index (Phi) is 3.15. The highest BCUT2D eigenvalue weighted by Gasteiger charge is 2.27. The largest absolute Gasteiger partial charge is 0.454 e. The Morgan fingerprint density at radius 1 is 1.15 bits per heavy atom. The Labute approximate surface area is 149 Å². The smallest absolute Gasteiger partial charge is 0.258 e. The number of rotatable bonds is 1. The van der Waals surface area contributed by atoms with Gasteiger partial charge in [0.25, 0.3) is 5.91 Å². The number of amides is 1. The molecule has 0 fully saturated rings. The van der Waals surface area contributed by atoms with Gasteiger partial charge in [0, 0.05) is 18.2 Å². The van der Waals surface area contributed by atoms with Crippen molar-refractivity contribution >= 4 is 23.1 Å². The van der Waals surface area contributed by atoms with Crippen LogP contribution in [0.5, 0.6) is 11.5 Å². The van der Waals surface area contributed by atoms with E-state index in [4.69, 9.17) is 9.47 Å². The number of hydrogen-bond acceptors (Lipinski definition) is 5. The highest BCUT2D eigenvalue weighted by Crippen LogP contribution is 2.37. The van der Waals surface area contributed by atoms with Crippen LogP contribution in [0.4, 0.5) is 17.2 Å². The van der Waals surface area contributed by atoms with Crippen LogP contribution in [-0.4, -0.2) is 22.5 Å². The quantitative estimate of drug-likeness (QED) is 0.732. The number of carbonyl (C=O) groups excluding carboxylic acids is 1. The maximum absolute atomic E-state index is 13.3. The van der Waals surface area contributed by atoms with Crippen molar-refractivity contribution in [2.75, 3.05) is 17.0 Å². The minimum Gasteiger partial charge on any atom is -0.454 e. The zero-order valence-electron chi connectivity index (χ0n) is 14.1. The molecular formula is C19H16N4O3. The van der Waals surface area contributed by atoms with E-state index in [1.54, 1.807) is 34.0 Å². The average Bonchev–Trinajstić information content (AvgIpc) is 3.22. The van der Waals surface area contributed by atoms with E-state index < -0.39 is 0 Å². The normalized spacial score (nSPS) is 14.3. The SMILES string of the molecule is Cn1ncc2c1Nc1ccccc1N(C(=O)c1ccc3c(c1)OCO3)C2. The molecular weight excluding hydrogens is 332 g/mol. The first-order chi connectivity index (χ1) is 12.7. The van der Waals surface area contributed by atoms with Crippen molar-refractivity contribution in [1.29, 1.82) is 0 Å². The predicted molar refractivity (Wildman–Crippen MR) is 96.0 cm³/mol. The summed E-state index contributed by atoms with van der Waals surface area (Å²) in [5, 5.41) is 7.70. The lowest BCUT2D eigenvalue weighted by molar-refractivity contribution is 0.0985. The Morgan fingerprint density at radius 2 is 2.00 bits per heavy atom. The van der Waals surface area contributed by atoms with Gasteiger partial charge in [-0.15, -0.1) is 0 Å². The summed E-state index contributed by atoms with van der Waals surface area (Å²) in [4.78, 5) is 15.1. The zero-order valence-corrected chi connectivity index (χ0v) is 14.1. The van der Waals surface area contributed by atoms with Crippen LogP contribution < -0.4 is 19.7 Å². The third-order valence-electron chi connectivity index (χ3n) is 4.66. The van der Waals surface area contributed by atoms with Gasteiger partial charge in [-0.1, -0.05) is 12.1 Å². The molecule has 0 radical (unpaired) electrons. The molecule has 0 saturated carbocycles. The molecule has 2 aromatic carbocycles. The van der Waals surface area contributed by atoms with E-state index in [0.717, 1.165) is 22.8 Å². The van der Waals surface area contributed by atoms with Gasteiger partial charge >= 0.3 is 0 Å². The lowest BCUT2D eigenvalue weighted by Gasteiger charge is -2.22. The molecule has 0 bridgehead atoms. The van der Waals surface area contributed by atoms with Gasteiger partial charge < -0.3 is 19.7 Å². The zero-order chi connectivity index (χ0) is 17.7. The number of nitrogens with zero attached hydrogens (tertiary/aromatic N) is 3. The summed E-state index contributed by atoms with van der Waals surface area (Å²) in [6.45, 7) is 0.614. The first-order valence-electron chi connectivity index (χ1n) is 8.29. The minimum absolute atomic E-state index is 0.103. The van der Waals surface area contributed by atoms with E-state index in [1.807, 2.05) is 31.3 Å². The summed E-state index contributed by atoms with van der Waals surface area (Å²) < 4.78 is 12.5. The number of aryl methyl sites for hydroxylation is 1. The van der Waals surface area contributed by atoms with Crippen LogP contribution in [0, 0.1) is 0 Å². The fraction of sp³-hybridized carbons (Fsp3) is 0.158. The number of fused-ring (bicyclic) bond motifs is 3. The summed E-state index contributed by atoms with van der Waals surface area (Å²) in [6, 6.07) is 13.0. The standard InChI is InChI=1S/C19H16N4O3/c1-22-18-13(9-20-22)10-23(15-5-3-2-4-14(15)21-18)19(24)12-6-7-16-17(8-12)26-11-25-16/h2-9,21H,10-11H2,1H3. The number of carbonyl (C=O) groups is 1. The number of hydrogen-bond donors (Lipinski definition) is 1. The maximum Gasteiger partial charge on any atom is 0.258 e. The summed E-state index contributed by atoms with van der Waals surface area (Å²) in [6.07, 6.45) is 1.79. The van der Waals surface area contributed by atoms with Crippen LogP contribution in [0.2, 0.25) is 0 Å². The molecule has 7 nitrogen and oxygen atoms in total. The molecule has 0 aliphatic carbocycles. The second-order valence-corrected chi connectivity index (χ2v) is 6.24. The molecule has 0 spiro atoms. The highest BCUT2D eigenvalue weighted by atomic mass is 16.7. The van der Waals surface area contributed by atoms with Crippen LogP contribution in [0.25, 0.3) is 0 Å². The number of para-hydroxylation sites is 2. The third kappa shape index (κ3) is 2.21. The summed E-state index contributed by atoms with van der Waals surface area (Å²) in [5.74, 6) is 2.04. The molecule has 1 aromatic heterocycles.